The zero-order valence-corrected chi connectivity index (χ0v) is 6.49. The summed E-state index contributed by atoms with van der Waals surface area (Å²) in [6.45, 7) is 1.99. The van der Waals surface area contributed by atoms with Gasteiger partial charge in [0.25, 0.3) is 0 Å². The van der Waals surface area contributed by atoms with Crippen LogP contribution in [0.3, 0.4) is 0 Å². The molecule has 1 aromatic heterocycles. The van der Waals surface area contributed by atoms with Gasteiger partial charge in [-0.15, -0.1) is 0 Å². The fraction of sp³-hybridized carbons (Fsp3) is 0.222. The fourth-order valence-electron chi connectivity index (χ4n) is 0.792. The highest BCUT2D eigenvalue weighted by Gasteiger charge is 1.87. The van der Waals surface area contributed by atoms with Gasteiger partial charge in [-0.3, -0.25) is 4.98 Å². The molecule has 0 unspecified atom stereocenters. The first-order valence-corrected chi connectivity index (χ1v) is 3.51. The van der Waals surface area contributed by atoms with Crippen LogP contribution in [-0.4, -0.2) is 16.7 Å². The molecular weight excluding hydrogens is 138 g/mol. The zero-order chi connectivity index (χ0) is 8.10. The third kappa shape index (κ3) is 2.51. The van der Waals surface area contributed by atoms with Crippen LogP contribution in [-0.2, 0) is 0 Å². The fourth-order valence-corrected chi connectivity index (χ4v) is 0.792. The molecule has 1 rings (SSSR count). The van der Waals surface area contributed by atoms with E-state index in [0.29, 0.717) is 0 Å². The average Bonchev–Trinajstić information content (AvgIpc) is 2.06. The Morgan fingerprint density at radius 1 is 1.73 bits per heavy atom. The topological polar surface area (TPSA) is 33.1 Å². The summed E-state index contributed by atoms with van der Waals surface area (Å²) < 4.78 is 0. The Labute approximate surface area is 66.2 Å². The van der Waals surface area contributed by atoms with Crippen molar-refractivity contribution in [3.05, 3.63) is 35.7 Å². The Morgan fingerprint density at radius 3 is 3.09 bits per heavy atom. The molecule has 11 heavy (non-hydrogen) atoms. The van der Waals surface area contributed by atoms with Crippen LogP contribution in [0.1, 0.15) is 12.5 Å². The summed E-state index contributed by atoms with van der Waals surface area (Å²) in [5, 5.41) is 8.71. The van der Waals surface area contributed by atoms with Crippen LogP contribution in [0.5, 0.6) is 0 Å². The standard InChI is InChI=1S/C9H11NO/c1-8(7-11)5-9-3-2-4-10-6-9/h2-6,11H,7H2,1H3. The maximum atomic E-state index is 8.71. The molecule has 0 aliphatic carbocycles. The van der Waals surface area contributed by atoms with Crippen LogP contribution in [0.2, 0.25) is 0 Å². The van der Waals surface area contributed by atoms with Crippen LogP contribution in [0.15, 0.2) is 30.1 Å². The van der Waals surface area contributed by atoms with Gasteiger partial charge in [-0.1, -0.05) is 12.1 Å². The van der Waals surface area contributed by atoms with Crippen molar-refractivity contribution in [3.8, 4) is 0 Å². The predicted molar refractivity (Wildman–Crippen MR) is 45.0 cm³/mol. The van der Waals surface area contributed by atoms with Gasteiger partial charge in [0.1, 0.15) is 0 Å². The molecule has 0 bridgehead atoms. The van der Waals surface area contributed by atoms with Crippen molar-refractivity contribution < 1.29 is 5.11 Å². The molecule has 1 heterocycles. The van der Waals surface area contributed by atoms with Crippen molar-refractivity contribution in [2.75, 3.05) is 6.61 Å². The number of aromatic nitrogens is 1. The highest BCUT2D eigenvalue weighted by Crippen LogP contribution is 2.02. The lowest BCUT2D eigenvalue weighted by Gasteiger charge is -1.94. The van der Waals surface area contributed by atoms with Gasteiger partial charge in [-0.25, -0.2) is 0 Å². The SMILES string of the molecule is CC(=Cc1cccnc1)CO. The maximum Gasteiger partial charge on any atom is 0.0642 e. The van der Waals surface area contributed by atoms with E-state index >= 15 is 0 Å². The van der Waals surface area contributed by atoms with Gasteiger partial charge < -0.3 is 5.11 Å². The summed E-state index contributed by atoms with van der Waals surface area (Å²) in [5.74, 6) is 0. The van der Waals surface area contributed by atoms with E-state index in [2.05, 4.69) is 4.98 Å². The molecule has 1 N–H and O–H groups in total. The second kappa shape index (κ2) is 3.88. The van der Waals surface area contributed by atoms with Gasteiger partial charge in [0.15, 0.2) is 0 Å². The number of nitrogens with zero attached hydrogens (tertiary/aromatic N) is 1. The molecule has 0 aliphatic heterocycles. The lowest BCUT2D eigenvalue weighted by molar-refractivity contribution is 0.332. The van der Waals surface area contributed by atoms with Crippen molar-refractivity contribution in [2.45, 2.75) is 6.92 Å². The summed E-state index contributed by atoms with van der Waals surface area (Å²) in [6.07, 6.45) is 5.40. The van der Waals surface area contributed by atoms with Crippen LogP contribution >= 0.6 is 0 Å². The Kier molecular flexibility index (Phi) is 2.81. The lowest BCUT2D eigenvalue weighted by atomic mass is 10.2. The number of hydrogen-bond acceptors (Lipinski definition) is 2. The van der Waals surface area contributed by atoms with Crippen molar-refractivity contribution in [1.29, 1.82) is 0 Å². The highest BCUT2D eigenvalue weighted by molar-refractivity contribution is 5.50. The molecule has 0 saturated heterocycles. The second-order valence-electron chi connectivity index (χ2n) is 2.44. The third-order valence-electron chi connectivity index (χ3n) is 1.35. The second-order valence-corrected chi connectivity index (χ2v) is 2.44. The first-order valence-electron chi connectivity index (χ1n) is 3.51. The van der Waals surface area contributed by atoms with E-state index in [0.717, 1.165) is 11.1 Å². The summed E-state index contributed by atoms with van der Waals surface area (Å²) in [6, 6.07) is 3.82. The molecule has 0 aliphatic rings. The van der Waals surface area contributed by atoms with Crippen molar-refractivity contribution >= 4 is 6.08 Å². The molecule has 1 aromatic rings. The van der Waals surface area contributed by atoms with E-state index in [-0.39, 0.29) is 6.61 Å². The summed E-state index contributed by atoms with van der Waals surface area (Å²) in [5.41, 5.74) is 1.97. The first kappa shape index (κ1) is 7.95. The van der Waals surface area contributed by atoms with Gasteiger partial charge in [-0.2, -0.15) is 0 Å². The number of rotatable bonds is 2. The number of pyridine rings is 1. The van der Waals surface area contributed by atoms with Crippen molar-refractivity contribution in [1.82, 2.24) is 4.98 Å². The van der Waals surface area contributed by atoms with E-state index in [1.54, 1.807) is 12.4 Å². The molecule has 0 saturated carbocycles. The summed E-state index contributed by atoms with van der Waals surface area (Å²) in [7, 11) is 0. The van der Waals surface area contributed by atoms with E-state index in [4.69, 9.17) is 5.11 Å². The molecule has 0 amide bonds. The van der Waals surface area contributed by atoms with Gasteiger partial charge in [0.05, 0.1) is 6.61 Å². The molecule has 0 spiro atoms. The molecular formula is C9H11NO. The molecule has 58 valence electrons. The number of aliphatic hydroxyl groups is 1. The third-order valence-corrected chi connectivity index (χ3v) is 1.35. The largest absolute Gasteiger partial charge is 0.392 e. The molecule has 0 atom stereocenters. The van der Waals surface area contributed by atoms with Crippen LogP contribution in [0.4, 0.5) is 0 Å². The lowest BCUT2D eigenvalue weighted by Crippen LogP contribution is -1.83. The minimum absolute atomic E-state index is 0.106. The van der Waals surface area contributed by atoms with Crippen LogP contribution < -0.4 is 0 Å². The summed E-state index contributed by atoms with van der Waals surface area (Å²) >= 11 is 0. The number of hydrogen-bond donors (Lipinski definition) is 1. The maximum absolute atomic E-state index is 8.71. The average molecular weight is 149 g/mol. The molecule has 2 nitrogen and oxygen atoms in total. The minimum Gasteiger partial charge on any atom is -0.392 e. The minimum atomic E-state index is 0.106. The molecule has 0 radical (unpaired) electrons. The quantitative estimate of drug-likeness (QED) is 0.690. The Bertz CT molecular complexity index is 241. The van der Waals surface area contributed by atoms with Gasteiger partial charge in [0.2, 0.25) is 0 Å². The summed E-state index contributed by atoms with van der Waals surface area (Å²) in [4.78, 5) is 3.95. The predicted octanol–water partition coefficient (Wildman–Crippen LogP) is 1.48. The van der Waals surface area contributed by atoms with E-state index < -0.39 is 0 Å². The smallest absolute Gasteiger partial charge is 0.0642 e. The van der Waals surface area contributed by atoms with Crippen LogP contribution in [0.25, 0.3) is 6.08 Å². The van der Waals surface area contributed by atoms with Gasteiger partial charge in [0, 0.05) is 12.4 Å². The molecule has 0 fully saturated rings. The highest BCUT2D eigenvalue weighted by atomic mass is 16.3. The van der Waals surface area contributed by atoms with Crippen molar-refractivity contribution in [3.63, 3.8) is 0 Å². The van der Waals surface area contributed by atoms with E-state index in [9.17, 15) is 0 Å². The monoisotopic (exact) mass is 149 g/mol. The molecule has 0 aromatic carbocycles. The van der Waals surface area contributed by atoms with Crippen molar-refractivity contribution in [2.24, 2.45) is 0 Å². The van der Waals surface area contributed by atoms with Gasteiger partial charge >= 0.3 is 0 Å². The molecule has 2 heteroatoms. The Hall–Kier alpha value is -1.15. The zero-order valence-electron chi connectivity index (χ0n) is 6.49. The Morgan fingerprint density at radius 2 is 2.55 bits per heavy atom. The normalized spacial score (nSPS) is 11.6. The van der Waals surface area contributed by atoms with E-state index in [1.165, 1.54) is 0 Å². The number of aliphatic hydroxyl groups excluding tert-OH is 1. The van der Waals surface area contributed by atoms with Crippen LogP contribution in [0, 0.1) is 0 Å². The van der Waals surface area contributed by atoms with Gasteiger partial charge in [-0.05, 0) is 24.1 Å². The first-order chi connectivity index (χ1) is 5.33. The Balaban J connectivity index is 2.79. The van der Waals surface area contributed by atoms with E-state index in [1.807, 2.05) is 25.1 Å².